The summed E-state index contributed by atoms with van der Waals surface area (Å²) in [6, 6.07) is 2.31. The molecule has 1 aromatic rings. The van der Waals surface area contributed by atoms with Crippen LogP contribution in [0.3, 0.4) is 0 Å². The Morgan fingerprint density at radius 3 is 2.80 bits per heavy atom. The molecule has 5 nitrogen and oxygen atoms in total. The molecule has 0 aliphatic carbocycles. The summed E-state index contributed by atoms with van der Waals surface area (Å²) in [4.78, 5) is 13.5. The Labute approximate surface area is 114 Å². The molecule has 0 aromatic carbocycles. The van der Waals surface area contributed by atoms with Gasteiger partial charge in [-0.3, -0.25) is 4.79 Å². The number of likely N-dealkylation sites (N-methyl/N-ethyl adjacent to an activating group) is 1. The summed E-state index contributed by atoms with van der Waals surface area (Å²) in [7, 11) is 1.48. The molecule has 2 atom stereocenters. The highest BCUT2D eigenvalue weighted by atomic mass is 19.4. The number of β-amino-alcohol motifs (C(OH)–C–C–N with tert-alkyl or cyclic N) is 1. The van der Waals surface area contributed by atoms with Gasteiger partial charge >= 0.3 is 6.18 Å². The predicted octanol–water partition coefficient (Wildman–Crippen LogP) is 0.455. The molecule has 8 heteroatoms. The molecule has 2 N–H and O–H groups in total. The minimum atomic E-state index is -4.39. The van der Waals surface area contributed by atoms with E-state index in [9.17, 15) is 23.1 Å². The zero-order chi connectivity index (χ0) is 14.9. The van der Waals surface area contributed by atoms with Crippen molar-refractivity contribution in [2.75, 3.05) is 20.1 Å². The van der Waals surface area contributed by atoms with Crippen molar-refractivity contribution in [1.82, 2.24) is 14.8 Å². The number of hydrogen-bond donors (Lipinski definition) is 2. The zero-order valence-corrected chi connectivity index (χ0v) is 10.9. The second-order valence-corrected chi connectivity index (χ2v) is 4.85. The number of nitrogens with one attached hydrogen (secondary N) is 1. The minimum Gasteiger partial charge on any atom is -0.390 e. The molecule has 1 amide bonds. The fraction of sp³-hybridized carbons (Fsp3) is 0.583. The molecule has 2 rings (SSSR count). The van der Waals surface area contributed by atoms with Gasteiger partial charge in [-0.05, 0) is 12.1 Å². The molecule has 0 saturated carbocycles. The van der Waals surface area contributed by atoms with Crippen LogP contribution in [0.15, 0.2) is 18.3 Å². The topological polar surface area (TPSA) is 57.5 Å². The lowest BCUT2D eigenvalue weighted by atomic mass is 10.2. The normalized spacial score (nSPS) is 23.1. The Morgan fingerprint density at radius 2 is 2.25 bits per heavy atom. The van der Waals surface area contributed by atoms with Crippen molar-refractivity contribution in [2.45, 2.75) is 24.9 Å². The third kappa shape index (κ3) is 3.13. The maximum Gasteiger partial charge on any atom is 0.406 e. The van der Waals surface area contributed by atoms with Gasteiger partial charge in [0.1, 0.15) is 12.2 Å². The lowest BCUT2D eigenvalue weighted by Gasteiger charge is -2.27. The number of aromatic nitrogens is 1. The Morgan fingerprint density at radius 1 is 1.55 bits per heavy atom. The molecule has 0 unspecified atom stereocenters. The first-order chi connectivity index (χ1) is 9.29. The van der Waals surface area contributed by atoms with E-state index < -0.39 is 30.8 Å². The van der Waals surface area contributed by atoms with E-state index in [1.165, 1.54) is 30.3 Å². The van der Waals surface area contributed by atoms with E-state index in [1.54, 1.807) is 0 Å². The predicted molar refractivity (Wildman–Crippen MR) is 65.2 cm³/mol. The lowest BCUT2D eigenvalue weighted by molar-refractivity contribution is -0.140. The molecule has 1 aromatic heterocycles. The maximum atomic E-state index is 12.4. The Hall–Kier alpha value is -1.54. The summed E-state index contributed by atoms with van der Waals surface area (Å²) < 4.78 is 38.2. The number of amides is 1. The second kappa shape index (κ2) is 5.45. The van der Waals surface area contributed by atoms with Crippen molar-refractivity contribution >= 4 is 5.91 Å². The first kappa shape index (κ1) is 14.9. The fourth-order valence-electron chi connectivity index (χ4n) is 2.32. The van der Waals surface area contributed by atoms with Gasteiger partial charge in [0.05, 0.1) is 12.1 Å². The summed E-state index contributed by atoms with van der Waals surface area (Å²) in [5.41, 5.74) is -0.0380. The number of carbonyl (C=O) groups is 1. The maximum absolute atomic E-state index is 12.4. The number of hydrogen-bond acceptors (Lipinski definition) is 3. The van der Waals surface area contributed by atoms with Gasteiger partial charge in [0, 0.05) is 26.3 Å². The molecule has 1 aliphatic rings. The van der Waals surface area contributed by atoms with E-state index in [2.05, 4.69) is 5.32 Å². The third-order valence-corrected chi connectivity index (χ3v) is 3.37. The summed E-state index contributed by atoms with van der Waals surface area (Å²) in [6.45, 7) is -0.421. The number of rotatable bonds is 3. The first-order valence-electron chi connectivity index (χ1n) is 6.17. The second-order valence-electron chi connectivity index (χ2n) is 4.85. The van der Waals surface area contributed by atoms with Crippen LogP contribution in [-0.4, -0.2) is 58.9 Å². The van der Waals surface area contributed by atoms with E-state index in [0.717, 1.165) is 4.57 Å². The van der Waals surface area contributed by atoms with Crippen LogP contribution in [-0.2, 0) is 6.54 Å². The van der Waals surface area contributed by atoms with Crippen LogP contribution in [0.2, 0.25) is 0 Å². The lowest BCUT2D eigenvalue weighted by Crippen LogP contribution is -2.45. The van der Waals surface area contributed by atoms with Crippen molar-refractivity contribution in [3.63, 3.8) is 0 Å². The number of aliphatic hydroxyl groups is 1. The van der Waals surface area contributed by atoms with Crippen molar-refractivity contribution < 1.29 is 23.1 Å². The molecule has 1 fully saturated rings. The third-order valence-electron chi connectivity index (χ3n) is 3.37. The number of halogens is 3. The monoisotopic (exact) mass is 291 g/mol. The van der Waals surface area contributed by atoms with Crippen LogP contribution in [0, 0.1) is 0 Å². The van der Waals surface area contributed by atoms with Crippen LogP contribution in [0.5, 0.6) is 0 Å². The van der Waals surface area contributed by atoms with Crippen molar-refractivity contribution in [3.05, 3.63) is 24.0 Å². The molecule has 1 aliphatic heterocycles. The van der Waals surface area contributed by atoms with Gasteiger partial charge in [-0.2, -0.15) is 13.2 Å². The SMILES string of the molecule is CN(C(=O)c1cccn1CC(F)(F)F)[C@@H]1CNC[C@H]1O. The Kier molecular flexibility index (Phi) is 4.05. The largest absolute Gasteiger partial charge is 0.406 e. The van der Waals surface area contributed by atoms with Crippen molar-refractivity contribution in [1.29, 1.82) is 0 Å². The van der Waals surface area contributed by atoms with Gasteiger partial charge in [-0.1, -0.05) is 0 Å². The first-order valence-corrected chi connectivity index (χ1v) is 6.17. The zero-order valence-electron chi connectivity index (χ0n) is 10.9. The van der Waals surface area contributed by atoms with Crippen LogP contribution in [0.1, 0.15) is 10.5 Å². The van der Waals surface area contributed by atoms with Crippen LogP contribution < -0.4 is 5.32 Å². The quantitative estimate of drug-likeness (QED) is 0.850. The molecule has 0 radical (unpaired) electrons. The highest BCUT2D eigenvalue weighted by molar-refractivity contribution is 5.92. The molecule has 0 spiro atoms. The Bertz CT molecular complexity index is 487. The summed E-state index contributed by atoms with van der Waals surface area (Å²) in [5.74, 6) is -0.535. The van der Waals surface area contributed by atoms with Gasteiger partial charge in [-0.15, -0.1) is 0 Å². The molecule has 20 heavy (non-hydrogen) atoms. The Balaban J connectivity index is 2.15. The highest BCUT2D eigenvalue weighted by Crippen LogP contribution is 2.20. The van der Waals surface area contributed by atoms with Gasteiger partial charge < -0.3 is 19.9 Å². The molecular weight excluding hydrogens is 275 g/mol. The van der Waals surface area contributed by atoms with E-state index in [1.807, 2.05) is 0 Å². The van der Waals surface area contributed by atoms with E-state index in [4.69, 9.17) is 0 Å². The van der Waals surface area contributed by atoms with Gasteiger partial charge in [0.15, 0.2) is 0 Å². The summed E-state index contributed by atoms with van der Waals surface area (Å²) in [5, 5.41) is 12.6. The smallest absolute Gasteiger partial charge is 0.390 e. The highest BCUT2D eigenvalue weighted by Gasteiger charge is 2.34. The number of alkyl halides is 3. The molecule has 0 bridgehead atoms. The van der Waals surface area contributed by atoms with E-state index in [-0.39, 0.29) is 5.69 Å². The van der Waals surface area contributed by atoms with Crippen molar-refractivity contribution in [2.24, 2.45) is 0 Å². The van der Waals surface area contributed by atoms with Gasteiger partial charge in [0.2, 0.25) is 0 Å². The minimum absolute atomic E-state index is 0.0380. The number of carbonyl (C=O) groups excluding carboxylic acids is 1. The standard InChI is InChI=1S/C12H16F3N3O2/c1-17(9-5-16-6-10(9)19)11(20)8-3-2-4-18(8)7-12(13,14)15/h2-4,9-10,16,19H,5-7H2,1H3/t9-,10-/m1/s1. The number of nitrogens with zero attached hydrogens (tertiary/aromatic N) is 2. The molecular formula is C12H16F3N3O2. The van der Waals surface area contributed by atoms with Gasteiger partial charge in [0.25, 0.3) is 5.91 Å². The molecule has 112 valence electrons. The molecule has 2 heterocycles. The summed E-state index contributed by atoms with van der Waals surface area (Å²) in [6.07, 6.45) is -3.88. The number of aliphatic hydroxyl groups excluding tert-OH is 1. The van der Waals surface area contributed by atoms with E-state index in [0.29, 0.717) is 13.1 Å². The van der Waals surface area contributed by atoms with E-state index >= 15 is 0 Å². The average molecular weight is 291 g/mol. The average Bonchev–Trinajstić information content (AvgIpc) is 2.94. The van der Waals surface area contributed by atoms with Gasteiger partial charge in [-0.25, -0.2) is 0 Å². The van der Waals surface area contributed by atoms with Crippen LogP contribution in [0.4, 0.5) is 13.2 Å². The van der Waals surface area contributed by atoms with Crippen molar-refractivity contribution in [3.8, 4) is 0 Å². The summed E-state index contributed by atoms with van der Waals surface area (Å²) >= 11 is 0. The van der Waals surface area contributed by atoms with Crippen LogP contribution >= 0.6 is 0 Å². The fourth-order valence-corrected chi connectivity index (χ4v) is 2.32. The van der Waals surface area contributed by atoms with Crippen LogP contribution in [0.25, 0.3) is 0 Å². The molecule has 1 saturated heterocycles.